The summed E-state index contributed by atoms with van der Waals surface area (Å²) in [6, 6.07) is 8.77. The number of hydrazone groups is 1. The Morgan fingerprint density at radius 2 is 1.31 bits per heavy atom. The summed E-state index contributed by atoms with van der Waals surface area (Å²) in [6.07, 6.45) is 3.75. The molecule has 0 fully saturated rings. The summed E-state index contributed by atoms with van der Waals surface area (Å²) >= 11 is 0. The van der Waals surface area contributed by atoms with Gasteiger partial charge in [-0.2, -0.15) is 5.01 Å². The van der Waals surface area contributed by atoms with Crippen LogP contribution in [0.1, 0.15) is 19.4 Å². The van der Waals surface area contributed by atoms with Gasteiger partial charge in [0.15, 0.2) is 5.84 Å². The van der Waals surface area contributed by atoms with Gasteiger partial charge >= 0.3 is 103 Å². The molecule has 1 aliphatic heterocycles. The second-order valence-corrected chi connectivity index (χ2v) is 11.6. The number of anilines is 2. The van der Waals surface area contributed by atoms with Gasteiger partial charge in [0, 0.05) is 13.8 Å². The number of H-pyrrole nitrogens is 1. The number of amidine groups is 1. The van der Waals surface area contributed by atoms with Crippen molar-refractivity contribution in [1.29, 1.82) is 0 Å². The van der Waals surface area contributed by atoms with Crippen LogP contribution >= 0.6 is 0 Å². The molecule has 1 aromatic heterocycles. The van der Waals surface area contributed by atoms with Crippen molar-refractivity contribution in [2.24, 2.45) is 5.10 Å². The molecule has 2 aromatic carbocycles. The maximum atomic E-state index is 13.2. The molecule has 3 aromatic rings. The Balaban J connectivity index is 0.00000353. The van der Waals surface area contributed by atoms with Gasteiger partial charge in [0.1, 0.15) is 26.1 Å². The number of hydrogen-bond donors (Lipinski definition) is 3. The van der Waals surface area contributed by atoms with Gasteiger partial charge in [-0.3, -0.25) is 24.3 Å². The number of hydrogen-bond acceptors (Lipinski definition) is 11. The topological polar surface area (TPSA) is 243 Å². The van der Waals surface area contributed by atoms with Crippen LogP contribution in [0.5, 0.6) is 0 Å². The number of nitrogens with zero attached hydrogens (tertiary/aromatic N) is 3. The average molecular weight is 707 g/mol. The summed E-state index contributed by atoms with van der Waals surface area (Å²) in [6.45, 7) is 2.37. The van der Waals surface area contributed by atoms with E-state index in [0.717, 1.165) is 34.0 Å². The van der Waals surface area contributed by atoms with E-state index < -0.39 is 53.3 Å². The average Bonchev–Trinajstić information content (AvgIpc) is 3.38. The van der Waals surface area contributed by atoms with Crippen LogP contribution in [0.15, 0.2) is 85.9 Å². The van der Waals surface area contributed by atoms with E-state index in [0.29, 0.717) is 0 Å². The maximum Gasteiger partial charge on any atom is 1.00 e. The number of benzene rings is 2. The zero-order chi connectivity index (χ0) is 31.7. The number of allylic oxidation sites excluding steroid dienone is 2. The summed E-state index contributed by atoms with van der Waals surface area (Å²) in [5.41, 5.74) is -0.676. The normalized spacial score (nSPS) is 14.1. The van der Waals surface area contributed by atoms with Crippen molar-refractivity contribution < 1.29 is 143 Å². The van der Waals surface area contributed by atoms with Gasteiger partial charge in [0.05, 0.1) is 32.3 Å². The fourth-order valence-electron chi connectivity index (χ4n) is 3.81. The fourth-order valence-corrected chi connectivity index (χ4v) is 4.75. The molecule has 0 saturated heterocycles. The summed E-state index contributed by atoms with van der Waals surface area (Å²) in [4.78, 5) is 48.8. The van der Waals surface area contributed by atoms with Crippen LogP contribution in [-0.2, 0) is 34.6 Å². The molecule has 1 aliphatic rings. The van der Waals surface area contributed by atoms with E-state index in [9.17, 15) is 45.1 Å². The minimum absolute atomic E-state index is 0. The first kappa shape index (κ1) is 39.3. The zero-order valence-corrected chi connectivity index (χ0v) is 32.0. The van der Waals surface area contributed by atoms with Crippen LogP contribution < -0.4 is 124 Å². The van der Waals surface area contributed by atoms with Crippen LogP contribution in [0, 0.1) is 0 Å². The molecule has 20 heteroatoms. The number of carbonyl (C=O) groups excluding carboxylic acids is 3. The first-order chi connectivity index (χ1) is 20.1. The SMILES string of the molecule is CC(=O)NC1=NN(c2ccc(S(=O)(=O)[O-])cc2)C(=O)C1=CC=Cc1c(NC(C)=O)[nH]n(-c2ccc(S(=O)(=O)[O-])cc2)c1=O.[K+].[K+]. The third-order valence-electron chi connectivity index (χ3n) is 5.68. The van der Waals surface area contributed by atoms with Gasteiger partial charge in [-0.25, -0.2) is 21.5 Å². The summed E-state index contributed by atoms with van der Waals surface area (Å²) < 4.78 is 68.3. The molecular weight excluding hydrogens is 687 g/mol. The van der Waals surface area contributed by atoms with Crippen molar-refractivity contribution in [1.82, 2.24) is 15.1 Å². The van der Waals surface area contributed by atoms with Gasteiger partial charge in [-0.05, 0) is 60.7 Å². The molecule has 0 bridgehead atoms. The summed E-state index contributed by atoms with van der Waals surface area (Å²) in [5.74, 6) is -2.05. The van der Waals surface area contributed by atoms with Gasteiger partial charge < -0.3 is 19.7 Å². The number of nitrogens with one attached hydrogen (secondary N) is 3. The number of rotatable bonds is 7. The van der Waals surface area contributed by atoms with Crippen LogP contribution in [0.3, 0.4) is 0 Å². The molecule has 0 aliphatic carbocycles. The molecule has 0 radical (unpaired) electrons. The molecule has 4 rings (SSSR count). The minimum atomic E-state index is -4.73. The van der Waals surface area contributed by atoms with E-state index >= 15 is 0 Å². The Kier molecular flexibility index (Phi) is 13.8. The van der Waals surface area contributed by atoms with Crippen LogP contribution in [-0.4, -0.2) is 59.3 Å². The summed E-state index contributed by atoms with van der Waals surface area (Å²) in [7, 11) is -9.45. The number of carbonyl (C=O) groups is 3. The minimum Gasteiger partial charge on any atom is -0.744 e. The Hall–Kier alpha value is -1.90. The van der Waals surface area contributed by atoms with Gasteiger partial charge in [-0.1, -0.05) is 6.08 Å². The van der Waals surface area contributed by atoms with Gasteiger partial charge in [0.2, 0.25) is 11.8 Å². The molecular formula is C25H20K2N6O10S2. The molecule has 16 nitrogen and oxygen atoms in total. The van der Waals surface area contributed by atoms with Crippen molar-refractivity contribution in [3.8, 4) is 5.69 Å². The van der Waals surface area contributed by atoms with E-state index in [2.05, 4.69) is 20.8 Å². The zero-order valence-electron chi connectivity index (χ0n) is 24.1. The van der Waals surface area contributed by atoms with E-state index in [4.69, 9.17) is 0 Å². The molecule has 0 saturated carbocycles. The quantitative estimate of drug-likeness (QED) is 0.119. The van der Waals surface area contributed by atoms with Crippen LogP contribution in [0.4, 0.5) is 11.5 Å². The smallest absolute Gasteiger partial charge is 0.744 e. The van der Waals surface area contributed by atoms with Crippen LogP contribution in [0.25, 0.3) is 11.8 Å². The molecule has 0 atom stereocenters. The van der Waals surface area contributed by atoms with Crippen molar-refractivity contribution >= 4 is 61.4 Å². The number of aromatic nitrogens is 2. The number of amides is 3. The Labute approximate surface area is 341 Å². The monoisotopic (exact) mass is 706 g/mol. The molecule has 45 heavy (non-hydrogen) atoms. The van der Waals surface area contributed by atoms with E-state index in [-0.39, 0.29) is 137 Å². The van der Waals surface area contributed by atoms with Gasteiger partial charge in [0.25, 0.3) is 11.5 Å². The molecule has 224 valence electrons. The first-order valence-corrected chi connectivity index (χ1v) is 14.7. The molecule has 0 unspecified atom stereocenters. The summed E-state index contributed by atoms with van der Waals surface area (Å²) in [5, 5.41) is 12.5. The van der Waals surface area contributed by atoms with Gasteiger partial charge in [-0.15, -0.1) is 5.10 Å². The second kappa shape index (κ2) is 15.8. The molecule has 3 N–H and O–H groups in total. The van der Waals surface area contributed by atoms with Crippen molar-refractivity contribution in [2.45, 2.75) is 23.6 Å². The van der Waals surface area contributed by atoms with Crippen molar-refractivity contribution in [3.63, 3.8) is 0 Å². The molecule has 3 amide bonds. The Morgan fingerprint density at radius 3 is 1.78 bits per heavy atom. The van der Waals surface area contributed by atoms with E-state index in [1.165, 1.54) is 56.3 Å². The molecule has 0 spiro atoms. The third-order valence-corrected chi connectivity index (χ3v) is 7.38. The largest absolute Gasteiger partial charge is 1.00 e. The third kappa shape index (κ3) is 9.57. The predicted octanol–water partition coefficient (Wildman–Crippen LogP) is -5.62. The maximum absolute atomic E-state index is 13.2. The van der Waals surface area contributed by atoms with Crippen LogP contribution in [0.2, 0.25) is 0 Å². The second-order valence-electron chi connectivity index (χ2n) is 8.80. The van der Waals surface area contributed by atoms with E-state index in [1.807, 2.05) is 0 Å². The van der Waals surface area contributed by atoms with Crippen molar-refractivity contribution in [3.05, 3.63) is 82.2 Å². The van der Waals surface area contributed by atoms with E-state index in [1.54, 1.807) is 0 Å². The standard InChI is InChI=1S/C25H22N6O10S2.2K/c1-14(32)26-22-20(24(34)30(28-22)16-6-10-18(11-7-16)42(36,37)38)4-3-5-21-23(27-15(2)33)29-31(25(21)35)17-8-12-19(13-9-17)43(39,40)41;;/h3-13,28H,1-2H3,(H,26,32)(H,27,29,33)(H,36,37,38)(H,39,40,41);;/q;2*+1/p-2. The number of aromatic amines is 1. The predicted molar refractivity (Wildman–Crippen MR) is 149 cm³/mol. The molecule has 2 heterocycles. The van der Waals surface area contributed by atoms with Crippen molar-refractivity contribution in [2.75, 3.05) is 10.3 Å². The first-order valence-electron chi connectivity index (χ1n) is 11.9. The fraction of sp³-hybridized carbons (Fsp3) is 0.0800. The Morgan fingerprint density at radius 1 is 0.822 bits per heavy atom. The Bertz CT molecular complexity index is 2020.